The molecule has 1 aromatic rings. The van der Waals surface area contributed by atoms with E-state index in [2.05, 4.69) is 21.5 Å². The van der Waals surface area contributed by atoms with E-state index in [9.17, 15) is 4.79 Å². The van der Waals surface area contributed by atoms with Crippen LogP contribution in [0.15, 0.2) is 24.3 Å². The molecule has 1 N–H and O–H groups in total. The van der Waals surface area contributed by atoms with Gasteiger partial charge in [-0.1, -0.05) is 11.6 Å². The molecule has 1 amide bonds. The summed E-state index contributed by atoms with van der Waals surface area (Å²) in [6.07, 6.45) is 11.3. The second-order valence-electron chi connectivity index (χ2n) is 4.70. The summed E-state index contributed by atoms with van der Waals surface area (Å²) in [5.74, 6) is -0.00286. The smallest absolute Gasteiger partial charge is 0.244 e. The van der Waals surface area contributed by atoms with Crippen LogP contribution in [0.25, 0.3) is 0 Å². The van der Waals surface area contributed by atoms with Crippen LogP contribution in [0.2, 0.25) is 0 Å². The zero-order valence-electron chi connectivity index (χ0n) is 10.8. The van der Waals surface area contributed by atoms with Crippen molar-refractivity contribution in [2.75, 3.05) is 6.54 Å². The Hall–Kier alpha value is -1.65. The topological polar surface area (TPSA) is 59.8 Å². The van der Waals surface area contributed by atoms with Crippen molar-refractivity contribution in [2.45, 2.75) is 45.1 Å². The van der Waals surface area contributed by atoms with E-state index in [1.165, 1.54) is 37.6 Å². The van der Waals surface area contributed by atoms with Gasteiger partial charge in [0.2, 0.25) is 5.91 Å². The van der Waals surface area contributed by atoms with Crippen molar-refractivity contribution in [1.29, 1.82) is 0 Å². The summed E-state index contributed by atoms with van der Waals surface area (Å²) in [5, 5.41) is 6.92. The SMILES string of the molecule is CC(C(=O)NCCC1=CCCCC1)n1cncn1. The third kappa shape index (κ3) is 3.42. The molecule has 5 nitrogen and oxygen atoms in total. The van der Waals surface area contributed by atoms with Gasteiger partial charge in [-0.2, -0.15) is 5.10 Å². The van der Waals surface area contributed by atoms with Crippen LogP contribution < -0.4 is 5.32 Å². The maximum atomic E-state index is 11.9. The predicted octanol–water partition coefficient (Wildman–Crippen LogP) is 1.85. The fraction of sp³-hybridized carbons (Fsp3) is 0.615. The van der Waals surface area contributed by atoms with Gasteiger partial charge in [0.05, 0.1) is 0 Å². The maximum Gasteiger partial charge on any atom is 0.244 e. The van der Waals surface area contributed by atoms with Gasteiger partial charge in [0.25, 0.3) is 0 Å². The zero-order chi connectivity index (χ0) is 12.8. The monoisotopic (exact) mass is 248 g/mol. The summed E-state index contributed by atoms with van der Waals surface area (Å²) in [5.41, 5.74) is 1.48. The molecule has 2 rings (SSSR count). The van der Waals surface area contributed by atoms with E-state index in [0.717, 1.165) is 6.42 Å². The van der Waals surface area contributed by atoms with Crippen LogP contribution in [0.5, 0.6) is 0 Å². The van der Waals surface area contributed by atoms with Crippen molar-refractivity contribution in [3.8, 4) is 0 Å². The van der Waals surface area contributed by atoms with Gasteiger partial charge in [0.1, 0.15) is 18.7 Å². The van der Waals surface area contributed by atoms with E-state index in [0.29, 0.717) is 6.54 Å². The maximum absolute atomic E-state index is 11.9. The van der Waals surface area contributed by atoms with Crippen molar-refractivity contribution in [2.24, 2.45) is 0 Å². The van der Waals surface area contributed by atoms with E-state index in [-0.39, 0.29) is 11.9 Å². The fourth-order valence-corrected chi connectivity index (χ4v) is 2.16. The summed E-state index contributed by atoms with van der Waals surface area (Å²) >= 11 is 0. The number of nitrogens with one attached hydrogen (secondary N) is 1. The highest BCUT2D eigenvalue weighted by Crippen LogP contribution is 2.19. The lowest BCUT2D eigenvalue weighted by atomic mass is 9.97. The molecule has 0 radical (unpaired) electrons. The molecule has 0 aromatic carbocycles. The van der Waals surface area contributed by atoms with Gasteiger partial charge in [-0.3, -0.25) is 4.79 Å². The van der Waals surface area contributed by atoms with E-state index in [4.69, 9.17) is 0 Å². The highest BCUT2D eigenvalue weighted by atomic mass is 16.2. The first-order valence-electron chi connectivity index (χ1n) is 6.57. The number of hydrogen-bond acceptors (Lipinski definition) is 3. The quantitative estimate of drug-likeness (QED) is 0.809. The minimum absolute atomic E-state index is 0.00286. The summed E-state index contributed by atoms with van der Waals surface area (Å²) in [4.78, 5) is 15.7. The third-order valence-corrected chi connectivity index (χ3v) is 3.34. The number of allylic oxidation sites excluding steroid dienone is 1. The van der Waals surface area contributed by atoms with Crippen LogP contribution in [0.3, 0.4) is 0 Å². The van der Waals surface area contributed by atoms with E-state index in [1.807, 2.05) is 6.92 Å². The number of amides is 1. The molecule has 1 aromatic heterocycles. The molecule has 0 saturated heterocycles. The normalized spacial score (nSPS) is 17.1. The number of carbonyl (C=O) groups excluding carboxylic acids is 1. The molecule has 0 spiro atoms. The lowest BCUT2D eigenvalue weighted by molar-refractivity contribution is -0.124. The highest BCUT2D eigenvalue weighted by molar-refractivity contribution is 5.79. The number of nitrogens with zero attached hydrogens (tertiary/aromatic N) is 3. The van der Waals surface area contributed by atoms with Crippen molar-refractivity contribution in [1.82, 2.24) is 20.1 Å². The number of hydrogen-bond donors (Lipinski definition) is 1. The Morgan fingerprint density at radius 3 is 3.11 bits per heavy atom. The van der Waals surface area contributed by atoms with Crippen LogP contribution in [-0.4, -0.2) is 27.2 Å². The molecule has 0 aliphatic heterocycles. The first kappa shape index (κ1) is 12.8. The molecule has 98 valence electrons. The fourth-order valence-electron chi connectivity index (χ4n) is 2.16. The zero-order valence-corrected chi connectivity index (χ0v) is 10.8. The van der Waals surface area contributed by atoms with Crippen molar-refractivity contribution >= 4 is 5.91 Å². The van der Waals surface area contributed by atoms with Crippen LogP contribution in [0.4, 0.5) is 0 Å². The summed E-state index contributed by atoms with van der Waals surface area (Å²) in [6, 6.07) is -0.298. The Balaban J connectivity index is 1.73. The molecular weight excluding hydrogens is 228 g/mol. The van der Waals surface area contributed by atoms with Crippen LogP contribution in [0.1, 0.15) is 45.1 Å². The molecule has 0 fully saturated rings. The Morgan fingerprint density at radius 1 is 1.56 bits per heavy atom. The van der Waals surface area contributed by atoms with Gasteiger partial charge in [-0.25, -0.2) is 9.67 Å². The van der Waals surface area contributed by atoms with Crippen molar-refractivity contribution < 1.29 is 4.79 Å². The molecule has 1 atom stereocenters. The Kier molecular flexibility index (Phi) is 4.50. The van der Waals surface area contributed by atoms with Gasteiger partial charge >= 0.3 is 0 Å². The molecule has 5 heteroatoms. The highest BCUT2D eigenvalue weighted by Gasteiger charge is 2.14. The standard InChI is InChI=1S/C13H20N4O/c1-11(17-10-14-9-16-17)13(18)15-8-7-12-5-3-2-4-6-12/h5,9-11H,2-4,6-8H2,1H3,(H,15,18). The second kappa shape index (κ2) is 6.33. The molecule has 1 aliphatic rings. The minimum Gasteiger partial charge on any atom is -0.354 e. The second-order valence-corrected chi connectivity index (χ2v) is 4.70. The lowest BCUT2D eigenvalue weighted by Crippen LogP contribution is -2.32. The molecule has 0 saturated carbocycles. The molecule has 1 unspecified atom stereocenters. The van der Waals surface area contributed by atoms with Gasteiger partial charge in [0, 0.05) is 6.54 Å². The van der Waals surface area contributed by atoms with Gasteiger partial charge in [-0.15, -0.1) is 0 Å². The first-order valence-corrected chi connectivity index (χ1v) is 6.57. The average Bonchev–Trinajstić information content (AvgIpc) is 2.93. The first-order chi connectivity index (χ1) is 8.77. The largest absolute Gasteiger partial charge is 0.354 e. The molecule has 1 aliphatic carbocycles. The van der Waals surface area contributed by atoms with Crippen molar-refractivity contribution in [3.05, 3.63) is 24.3 Å². The predicted molar refractivity (Wildman–Crippen MR) is 68.9 cm³/mol. The number of rotatable bonds is 5. The van der Waals surface area contributed by atoms with Crippen LogP contribution in [-0.2, 0) is 4.79 Å². The minimum atomic E-state index is -0.298. The Labute approximate surface area is 107 Å². The Bertz CT molecular complexity index is 411. The van der Waals surface area contributed by atoms with Gasteiger partial charge < -0.3 is 5.32 Å². The van der Waals surface area contributed by atoms with Gasteiger partial charge in [0.15, 0.2) is 0 Å². The summed E-state index contributed by atoms with van der Waals surface area (Å²) in [7, 11) is 0. The molecule has 1 heterocycles. The average molecular weight is 248 g/mol. The van der Waals surface area contributed by atoms with E-state index < -0.39 is 0 Å². The van der Waals surface area contributed by atoms with E-state index in [1.54, 1.807) is 11.0 Å². The lowest BCUT2D eigenvalue weighted by Gasteiger charge is -2.15. The van der Waals surface area contributed by atoms with E-state index >= 15 is 0 Å². The summed E-state index contributed by atoms with van der Waals surface area (Å²) in [6.45, 7) is 2.54. The molecular formula is C13H20N4O. The van der Waals surface area contributed by atoms with Crippen LogP contribution in [0, 0.1) is 0 Å². The number of aromatic nitrogens is 3. The molecule has 0 bridgehead atoms. The van der Waals surface area contributed by atoms with Crippen LogP contribution >= 0.6 is 0 Å². The number of carbonyl (C=O) groups is 1. The Morgan fingerprint density at radius 2 is 2.44 bits per heavy atom. The summed E-state index contributed by atoms with van der Waals surface area (Å²) < 4.78 is 1.56. The third-order valence-electron chi connectivity index (χ3n) is 3.34. The van der Waals surface area contributed by atoms with Crippen molar-refractivity contribution in [3.63, 3.8) is 0 Å². The van der Waals surface area contributed by atoms with Gasteiger partial charge in [-0.05, 0) is 39.0 Å². The molecule has 18 heavy (non-hydrogen) atoms.